The lowest BCUT2D eigenvalue weighted by Crippen LogP contribution is -2.29. The Morgan fingerprint density at radius 1 is 1.32 bits per heavy atom. The monoisotopic (exact) mass is 279 g/mol. The van der Waals surface area contributed by atoms with Gasteiger partial charge < -0.3 is 15.5 Å². The molecule has 0 aliphatic rings. The van der Waals surface area contributed by atoms with Crippen LogP contribution in [-0.4, -0.2) is 24.6 Å². The minimum absolute atomic E-state index is 0.0115. The summed E-state index contributed by atoms with van der Waals surface area (Å²) in [6.45, 7) is 4.56. The molecule has 0 saturated carbocycles. The molecule has 0 aromatic heterocycles. The molecule has 0 fully saturated rings. The number of benzene rings is 1. The van der Waals surface area contributed by atoms with E-state index >= 15 is 0 Å². The Kier molecular flexibility index (Phi) is 6.29. The Hall–Kier alpha value is -1.62. The lowest BCUT2D eigenvalue weighted by Gasteiger charge is -2.16. The minimum atomic E-state index is 0.0115. The van der Waals surface area contributed by atoms with Crippen LogP contribution in [0.3, 0.4) is 0 Å². The summed E-state index contributed by atoms with van der Waals surface area (Å²) in [6, 6.07) is 7.59. The molecule has 0 spiro atoms. The molecule has 1 amide bonds. The molecule has 0 saturated heterocycles. The molecule has 1 rings (SSSR count). The summed E-state index contributed by atoms with van der Waals surface area (Å²) in [5.74, 6) is 0.0115. The van der Waals surface area contributed by atoms with E-state index in [1.165, 1.54) is 0 Å². The van der Waals surface area contributed by atoms with E-state index in [1.54, 1.807) is 18.9 Å². The normalized spacial score (nSPS) is 9.84. The van der Waals surface area contributed by atoms with Gasteiger partial charge in [-0.05, 0) is 42.9 Å². The molecule has 2 N–H and O–H groups in total. The summed E-state index contributed by atoms with van der Waals surface area (Å²) in [5.41, 5.74) is 1.78. The summed E-state index contributed by atoms with van der Waals surface area (Å²) >= 11 is 5.19. The van der Waals surface area contributed by atoms with E-state index in [4.69, 9.17) is 12.2 Å². The van der Waals surface area contributed by atoms with E-state index < -0.39 is 0 Å². The van der Waals surface area contributed by atoms with Crippen LogP contribution in [0.25, 0.3) is 0 Å². The first-order chi connectivity index (χ1) is 9.04. The molecular weight excluding hydrogens is 258 g/mol. The largest absolute Gasteiger partial charge is 0.362 e. The number of nitrogens with zero attached hydrogens (tertiary/aromatic N) is 1. The van der Waals surface area contributed by atoms with Crippen LogP contribution in [0.2, 0.25) is 0 Å². The second kappa shape index (κ2) is 7.74. The van der Waals surface area contributed by atoms with Crippen LogP contribution in [0.5, 0.6) is 0 Å². The number of unbranched alkanes of at least 4 members (excludes halogenated alkanes) is 1. The van der Waals surface area contributed by atoms with Crippen molar-refractivity contribution < 1.29 is 4.79 Å². The SMILES string of the molecule is CCCCNC(=S)Nc1ccc(N(C)C(C)=O)cc1. The molecule has 0 atom stereocenters. The molecule has 104 valence electrons. The Bertz CT molecular complexity index is 431. The van der Waals surface area contributed by atoms with E-state index in [2.05, 4.69) is 17.6 Å². The number of carbonyl (C=O) groups excluding carboxylic acids is 1. The molecule has 0 aliphatic carbocycles. The van der Waals surface area contributed by atoms with Crippen molar-refractivity contribution in [3.63, 3.8) is 0 Å². The second-order valence-electron chi connectivity index (χ2n) is 4.36. The van der Waals surface area contributed by atoms with Crippen molar-refractivity contribution in [3.8, 4) is 0 Å². The zero-order valence-corrected chi connectivity index (χ0v) is 12.5. The maximum Gasteiger partial charge on any atom is 0.223 e. The van der Waals surface area contributed by atoms with Gasteiger partial charge in [0, 0.05) is 31.9 Å². The molecule has 1 aromatic carbocycles. The fraction of sp³-hybridized carbons (Fsp3) is 0.429. The van der Waals surface area contributed by atoms with Gasteiger partial charge in [-0.2, -0.15) is 0 Å². The number of rotatable bonds is 5. The van der Waals surface area contributed by atoms with Crippen molar-refractivity contribution in [2.75, 3.05) is 23.8 Å². The quantitative estimate of drug-likeness (QED) is 0.642. The number of hydrogen-bond acceptors (Lipinski definition) is 2. The average molecular weight is 279 g/mol. The van der Waals surface area contributed by atoms with Crippen LogP contribution >= 0.6 is 12.2 Å². The van der Waals surface area contributed by atoms with Crippen LogP contribution in [0, 0.1) is 0 Å². The topological polar surface area (TPSA) is 44.4 Å². The molecule has 4 nitrogen and oxygen atoms in total. The van der Waals surface area contributed by atoms with Gasteiger partial charge in [0.05, 0.1) is 0 Å². The molecular formula is C14H21N3OS. The third-order valence-electron chi connectivity index (χ3n) is 2.80. The second-order valence-corrected chi connectivity index (χ2v) is 4.77. The van der Waals surface area contributed by atoms with Crippen LogP contribution in [0.4, 0.5) is 11.4 Å². The summed E-state index contributed by atoms with van der Waals surface area (Å²) in [7, 11) is 1.75. The molecule has 0 aliphatic heterocycles. The van der Waals surface area contributed by atoms with E-state index in [-0.39, 0.29) is 5.91 Å². The summed E-state index contributed by atoms with van der Waals surface area (Å²) in [4.78, 5) is 12.8. The molecule has 0 heterocycles. The van der Waals surface area contributed by atoms with Crippen LogP contribution in [0.15, 0.2) is 24.3 Å². The van der Waals surface area contributed by atoms with Crippen molar-refractivity contribution in [3.05, 3.63) is 24.3 Å². The Balaban J connectivity index is 2.52. The standard InChI is InChI=1S/C14H21N3OS/c1-4-5-10-15-14(19)16-12-6-8-13(9-7-12)17(3)11(2)18/h6-9H,4-5,10H2,1-3H3,(H2,15,16,19). The van der Waals surface area contributed by atoms with Gasteiger partial charge in [-0.3, -0.25) is 4.79 Å². The highest BCUT2D eigenvalue weighted by Gasteiger charge is 2.05. The van der Waals surface area contributed by atoms with Gasteiger partial charge in [0.15, 0.2) is 5.11 Å². The number of amides is 1. The van der Waals surface area contributed by atoms with E-state index in [1.807, 2.05) is 24.3 Å². The van der Waals surface area contributed by atoms with Gasteiger partial charge in [-0.1, -0.05) is 13.3 Å². The first kappa shape index (κ1) is 15.4. The average Bonchev–Trinajstić information content (AvgIpc) is 2.39. The van der Waals surface area contributed by atoms with Gasteiger partial charge in [-0.25, -0.2) is 0 Å². The molecule has 0 radical (unpaired) electrons. The van der Waals surface area contributed by atoms with Crippen molar-refractivity contribution in [1.29, 1.82) is 0 Å². The van der Waals surface area contributed by atoms with E-state index in [9.17, 15) is 4.79 Å². The van der Waals surface area contributed by atoms with Crippen molar-refractivity contribution >= 4 is 34.6 Å². The minimum Gasteiger partial charge on any atom is -0.362 e. The number of hydrogen-bond donors (Lipinski definition) is 2. The van der Waals surface area contributed by atoms with Gasteiger partial charge in [0.1, 0.15) is 0 Å². The van der Waals surface area contributed by atoms with Gasteiger partial charge in [0.25, 0.3) is 0 Å². The Morgan fingerprint density at radius 2 is 1.95 bits per heavy atom. The van der Waals surface area contributed by atoms with E-state index in [0.29, 0.717) is 5.11 Å². The maximum absolute atomic E-state index is 11.2. The third-order valence-corrected chi connectivity index (χ3v) is 3.05. The number of thiocarbonyl (C=S) groups is 1. The highest BCUT2D eigenvalue weighted by atomic mass is 32.1. The molecule has 0 bridgehead atoms. The summed E-state index contributed by atoms with van der Waals surface area (Å²) < 4.78 is 0. The summed E-state index contributed by atoms with van der Waals surface area (Å²) in [5, 5.41) is 6.88. The van der Waals surface area contributed by atoms with Crippen LogP contribution in [0.1, 0.15) is 26.7 Å². The van der Waals surface area contributed by atoms with Crippen molar-refractivity contribution in [2.24, 2.45) is 0 Å². The number of anilines is 2. The molecule has 1 aromatic rings. The first-order valence-corrected chi connectivity index (χ1v) is 6.84. The third kappa shape index (κ3) is 5.26. The molecule has 19 heavy (non-hydrogen) atoms. The fourth-order valence-corrected chi connectivity index (χ4v) is 1.72. The fourth-order valence-electron chi connectivity index (χ4n) is 1.50. The predicted molar refractivity (Wildman–Crippen MR) is 84.7 cm³/mol. The lowest BCUT2D eigenvalue weighted by atomic mass is 10.2. The number of carbonyl (C=O) groups is 1. The van der Waals surface area contributed by atoms with Gasteiger partial charge in [-0.15, -0.1) is 0 Å². The zero-order valence-electron chi connectivity index (χ0n) is 11.7. The van der Waals surface area contributed by atoms with Crippen molar-refractivity contribution in [2.45, 2.75) is 26.7 Å². The highest BCUT2D eigenvalue weighted by Crippen LogP contribution is 2.16. The smallest absolute Gasteiger partial charge is 0.223 e. The molecule has 0 unspecified atom stereocenters. The predicted octanol–water partition coefficient (Wildman–Crippen LogP) is 2.76. The maximum atomic E-state index is 11.2. The van der Waals surface area contributed by atoms with E-state index in [0.717, 1.165) is 30.8 Å². The van der Waals surface area contributed by atoms with Gasteiger partial charge >= 0.3 is 0 Å². The number of nitrogens with one attached hydrogen (secondary N) is 2. The highest BCUT2D eigenvalue weighted by molar-refractivity contribution is 7.80. The Morgan fingerprint density at radius 3 is 2.47 bits per heavy atom. The zero-order chi connectivity index (χ0) is 14.3. The van der Waals surface area contributed by atoms with Crippen molar-refractivity contribution in [1.82, 2.24) is 5.32 Å². The summed E-state index contributed by atoms with van der Waals surface area (Å²) in [6.07, 6.45) is 2.24. The Labute approximate surface area is 120 Å². The van der Waals surface area contributed by atoms with Crippen LogP contribution < -0.4 is 15.5 Å². The molecule has 5 heteroatoms. The van der Waals surface area contributed by atoms with Crippen LogP contribution in [-0.2, 0) is 4.79 Å². The first-order valence-electron chi connectivity index (χ1n) is 6.43. The lowest BCUT2D eigenvalue weighted by molar-refractivity contribution is -0.116. The van der Waals surface area contributed by atoms with Gasteiger partial charge in [0.2, 0.25) is 5.91 Å².